The van der Waals surface area contributed by atoms with Crippen LogP contribution in [0.2, 0.25) is 25.7 Å². The number of hydrogen-bond donors (Lipinski definition) is 1. The van der Waals surface area contributed by atoms with E-state index in [1.165, 1.54) is 0 Å². The van der Waals surface area contributed by atoms with E-state index < -0.39 is 19.8 Å². The molecule has 2 aliphatic rings. The van der Waals surface area contributed by atoms with E-state index in [0.29, 0.717) is 32.8 Å². The summed E-state index contributed by atoms with van der Waals surface area (Å²) in [4.78, 5) is 11.2. The number of nitriles is 1. The summed E-state index contributed by atoms with van der Waals surface area (Å²) in [6.45, 7) is 10.7. The lowest BCUT2D eigenvalue weighted by molar-refractivity contribution is -0.0560. The largest absolute Gasteiger partial charge is 0.361 e. The maximum atomic E-state index is 14.5. The van der Waals surface area contributed by atoms with Gasteiger partial charge in [-0.05, 0) is 25.1 Å². The fourth-order valence-corrected chi connectivity index (χ4v) is 5.99. The normalized spacial score (nSPS) is 22.4. The predicted molar refractivity (Wildman–Crippen MR) is 139 cm³/mol. The van der Waals surface area contributed by atoms with E-state index in [9.17, 15) is 9.65 Å². The molecule has 3 aromatic heterocycles. The zero-order valence-electron chi connectivity index (χ0n) is 21.3. The van der Waals surface area contributed by atoms with Gasteiger partial charge in [0.25, 0.3) is 0 Å². The Hall–Kier alpha value is -2.65. The van der Waals surface area contributed by atoms with Gasteiger partial charge in [0.2, 0.25) is 0 Å². The van der Waals surface area contributed by atoms with Gasteiger partial charge >= 0.3 is 0 Å². The monoisotopic (exact) mass is 510 g/mol. The lowest BCUT2D eigenvalue weighted by atomic mass is 9.83. The molecule has 0 aromatic carbocycles. The standard InChI is InChI=1S/C25H35FN8OSi/c1-36(2,3)11-10-35-18-32-9-5-20-23(29-17-30-24(20)32)19-12-31-34(14-19)25(6-7-27)15-33(16-25)22-4-8-28-13-21(22)26/h5,9,12,14,17,21-22,28H,4,6,8,10-11,13,15-16,18H2,1-3H3/t21-,22+/m0/s1. The molecule has 5 heterocycles. The lowest BCUT2D eigenvalue weighted by Crippen LogP contribution is -2.68. The summed E-state index contributed by atoms with van der Waals surface area (Å²) in [6.07, 6.45) is 7.55. The molecular formula is C25H35FN8OSi. The number of ether oxygens (including phenoxy) is 1. The Morgan fingerprint density at radius 2 is 2.14 bits per heavy atom. The summed E-state index contributed by atoms with van der Waals surface area (Å²) >= 11 is 0. The average Bonchev–Trinajstić information content (AvgIpc) is 3.47. The molecule has 0 unspecified atom stereocenters. The van der Waals surface area contributed by atoms with Crippen LogP contribution in [-0.2, 0) is 17.0 Å². The van der Waals surface area contributed by atoms with E-state index in [4.69, 9.17) is 4.74 Å². The van der Waals surface area contributed by atoms with E-state index in [1.54, 1.807) is 12.5 Å². The van der Waals surface area contributed by atoms with Gasteiger partial charge in [-0.15, -0.1) is 0 Å². The van der Waals surface area contributed by atoms with Crippen LogP contribution >= 0.6 is 0 Å². The first-order chi connectivity index (χ1) is 17.3. The van der Waals surface area contributed by atoms with Crippen molar-refractivity contribution < 1.29 is 9.13 Å². The molecule has 0 spiro atoms. The molecule has 36 heavy (non-hydrogen) atoms. The van der Waals surface area contributed by atoms with E-state index in [0.717, 1.165) is 47.9 Å². The SMILES string of the molecule is C[Si](C)(C)CCOCn1ccc2c(-c3cnn(C4(CC#N)CN([C@@H]5CCNC[C@@H]5F)C4)c3)ncnc21. The summed E-state index contributed by atoms with van der Waals surface area (Å²) in [5.41, 5.74) is 2.06. The molecule has 1 N–H and O–H groups in total. The second-order valence-electron chi connectivity index (χ2n) is 11.3. The summed E-state index contributed by atoms with van der Waals surface area (Å²) in [5, 5.41) is 18.2. The van der Waals surface area contributed by atoms with Crippen molar-refractivity contribution >= 4 is 19.1 Å². The van der Waals surface area contributed by atoms with Gasteiger partial charge in [-0.25, -0.2) is 14.4 Å². The number of likely N-dealkylation sites (tertiary alicyclic amines) is 1. The van der Waals surface area contributed by atoms with Crippen LogP contribution < -0.4 is 5.32 Å². The van der Waals surface area contributed by atoms with E-state index in [2.05, 4.69) is 51.0 Å². The molecule has 0 aliphatic carbocycles. The fraction of sp³-hybridized carbons (Fsp3) is 0.600. The molecule has 9 nitrogen and oxygen atoms in total. The Morgan fingerprint density at radius 1 is 1.31 bits per heavy atom. The van der Waals surface area contributed by atoms with Gasteiger partial charge in [0.1, 0.15) is 30.4 Å². The Kier molecular flexibility index (Phi) is 6.96. The number of fused-ring (bicyclic) bond motifs is 1. The number of piperidine rings is 1. The molecule has 2 aliphatic heterocycles. The first kappa shape index (κ1) is 25.0. The number of halogens is 1. The molecule has 11 heteroatoms. The summed E-state index contributed by atoms with van der Waals surface area (Å²) < 4.78 is 24.3. The zero-order valence-corrected chi connectivity index (χ0v) is 22.3. The Morgan fingerprint density at radius 3 is 2.89 bits per heavy atom. The van der Waals surface area contributed by atoms with Crippen LogP contribution in [0.1, 0.15) is 12.8 Å². The van der Waals surface area contributed by atoms with Gasteiger partial charge in [0.05, 0.1) is 24.4 Å². The van der Waals surface area contributed by atoms with Gasteiger partial charge in [0, 0.05) is 63.7 Å². The molecule has 5 rings (SSSR count). The fourth-order valence-electron chi connectivity index (χ4n) is 5.23. The number of nitrogens with zero attached hydrogens (tertiary/aromatic N) is 7. The second kappa shape index (κ2) is 10.0. The molecule has 2 fully saturated rings. The van der Waals surface area contributed by atoms with Crippen molar-refractivity contribution in [3.63, 3.8) is 0 Å². The number of aromatic nitrogens is 5. The third kappa shape index (κ3) is 4.95. The van der Waals surface area contributed by atoms with Crippen LogP contribution in [0.15, 0.2) is 31.0 Å². The van der Waals surface area contributed by atoms with Crippen molar-refractivity contribution in [2.75, 3.05) is 32.8 Å². The van der Waals surface area contributed by atoms with Crippen molar-refractivity contribution in [2.24, 2.45) is 0 Å². The zero-order chi connectivity index (χ0) is 25.3. The highest BCUT2D eigenvalue weighted by atomic mass is 28.3. The predicted octanol–water partition coefficient (Wildman–Crippen LogP) is 3.23. The first-order valence-electron chi connectivity index (χ1n) is 12.7. The molecule has 2 saturated heterocycles. The number of nitrogens with one attached hydrogen (secondary N) is 1. The minimum Gasteiger partial charge on any atom is -0.361 e. The molecule has 0 radical (unpaired) electrons. The summed E-state index contributed by atoms with van der Waals surface area (Å²) in [6, 6.07) is 5.36. The highest BCUT2D eigenvalue weighted by Crippen LogP contribution is 2.37. The van der Waals surface area contributed by atoms with Crippen molar-refractivity contribution in [3.8, 4) is 17.3 Å². The smallest absolute Gasteiger partial charge is 0.145 e. The third-order valence-corrected chi connectivity index (χ3v) is 9.07. The highest BCUT2D eigenvalue weighted by Gasteiger charge is 2.49. The minimum absolute atomic E-state index is 0.0951. The topological polar surface area (TPSA) is 96.8 Å². The lowest BCUT2D eigenvalue weighted by Gasteiger charge is -2.53. The molecule has 192 valence electrons. The molecule has 3 aromatic rings. The van der Waals surface area contributed by atoms with Crippen LogP contribution in [0.5, 0.6) is 0 Å². The second-order valence-corrected chi connectivity index (χ2v) is 16.9. The van der Waals surface area contributed by atoms with Crippen LogP contribution in [0.25, 0.3) is 22.3 Å². The van der Waals surface area contributed by atoms with E-state index in [1.807, 2.05) is 27.7 Å². The Bertz CT molecular complexity index is 1240. The number of rotatable bonds is 9. The van der Waals surface area contributed by atoms with E-state index >= 15 is 0 Å². The maximum Gasteiger partial charge on any atom is 0.145 e. The van der Waals surface area contributed by atoms with Crippen molar-refractivity contribution in [3.05, 3.63) is 31.0 Å². The van der Waals surface area contributed by atoms with Crippen molar-refractivity contribution in [1.82, 2.24) is 34.5 Å². The van der Waals surface area contributed by atoms with Crippen LogP contribution in [0.3, 0.4) is 0 Å². The molecular weight excluding hydrogens is 475 g/mol. The van der Waals surface area contributed by atoms with Gasteiger partial charge in [-0.3, -0.25) is 9.58 Å². The van der Waals surface area contributed by atoms with Crippen LogP contribution in [-0.4, -0.2) is 82.3 Å². The van der Waals surface area contributed by atoms with Crippen molar-refractivity contribution in [2.45, 2.75) is 63.0 Å². The molecule has 2 atom stereocenters. The number of hydrogen-bond acceptors (Lipinski definition) is 7. The van der Waals surface area contributed by atoms with Crippen LogP contribution in [0, 0.1) is 11.3 Å². The van der Waals surface area contributed by atoms with Gasteiger partial charge in [-0.2, -0.15) is 10.4 Å². The summed E-state index contributed by atoms with van der Waals surface area (Å²) in [5.74, 6) is 0. The highest BCUT2D eigenvalue weighted by molar-refractivity contribution is 6.76. The first-order valence-corrected chi connectivity index (χ1v) is 16.4. The van der Waals surface area contributed by atoms with Gasteiger partial charge < -0.3 is 14.6 Å². The third-order valence-electron chi connectivity index (χ3n) is 7.37. The van der Waals surface area contributed by atoms with E-state index in [-0.39, 0.29) is 6.04 Å². The molecule has 0 bridgehead atoms. The van der Waals surface area contributed by atoms with Crippen molar-refractivity contribution in [1.29, 1.82) is 5.26 Å². The minimum atomic E-state index is -1.14. The Labute approximate surface area is 212 Å². The van der Waals surface area contributed by atoms with Gasteiger partial charge in [0.15, 0.2) is 0 Å². The number of alkyl halides is 1. The van der Waals surface area contributed by atoms with Crippen LogP contribution in [0.4, 0.5) is 4.39 Å². The molecule has 0 saturated carbocycles. The quantitative estimate of drug-likeness (QED) is 0.349. The summed E-state index contributed by atoms with van der Waals surface area (Å²) in [7, 11) is -1.14. The average molecular weight is 511 g/mol. The van der Waals surface area contributed by atoms with Gasteiger partial charge in [-0.1, -0.05) is 19.6 Å². The molecule has 0 amide bonds. The maximum absolute atomic E-state index is 14.5. The Balaban J connectivity index is 1.33.